The maximum absolute atomic E-state index is 5.37. The van der Waals surface area contributed by atoms with Crippen LogP contribution in [0.1, 0.15) is 37.7 Å². The summed E-state index contributed by atoms with van der Waals surface area (Å²) in [7, 11) is 1.70. The van der Waals surface area contributed by atoms with Crippen LogP contribution in [0.3, 0.4) is 0 Å². The molecule has 0 amide bonds. The Morgan fingerprint density at radius 1 is 1.32 bits per heavy atom. The van der Waals surface area contributed by atoms with E-state index in [1.54, 1.807) is 7.11 Å². The zero-order valence-electron chi connectivity index (χ0n) is 11.4. The summed E-state index contributed by atoms with van der Waals surface area (Å²) in [5.74, 6) is 0. The Labute approximate surface area is 120 Å². The van der Waals surface area contributed by atoms with Crippen LogP contribution in [-0.4, -0.2) is 18.3 Å². The van der Waals surface area contributed by atoms with Crippen LogP contribution in [-0.2, 0) is 11.3 Å². The maximum Gasteiger partial charge on any atom is 0.170 e. The Balaban J connectivity index is 1.85. The highest BCUT2D eigenvalue weighted by atomic mass is 32.1. The predicted molar refractivity (Wildman–Crippen MR) is 83.4 cm³/mol. The van der Waals surface area contributed by atoms with Crippen LogP contribution in [0, 0.1) is 0 Å². The van der Waals surface area contributed by atoms with Gasteiger partial charge in [-0.25, -0.2) is 0 Å². The van der Waals surface area contributed by atoms with Gasteiger partial charge in [0.2, 0.25) is 0 Å². The molecule has 0 unspecified atom stereocenters. The standard InChI is InChI=1S/C15H22N2OS/c1-18-11-12-6-5-9-14(10-12)17-15(19)16-13-7-3-2-4-8-13/h5-6,9-10,13H,2-4,7-8,11H2,1H3,(H2,16,17,19). The van der Waals surface area contributed by atoms with E-state index < -0.39 is 0 Å². The van der Waals surface area contributed by atoms with E-state index in [-0.39, 0.29) is 0 Å². The number of thiocarbonyl (C=S) groups is 1. The third kappa shape index (κ3) is 4.80. The Hall–Kier alpha value is -1.13. The molecular weight excluding hydrogens is 256 g/mol. The molecule has 1 aromatic carbocycles. The average Bonchev–Trinajstić information content (AvgIpc) is 2.40. The lowest BCUT2D eigenvalue weighted by Gasteiger charge is -2.24. The van der Waals surface area contributed by atoms with Crippen LogP contribution in [0.4, 0.5) is 5.69 Å². The first-order chi connectivity index (χ1) is 9.28. The van der Waals surface area contributed by atoms with Crippen molar-refractivity contribution in [2.75, 3.05) is 12.4 Å². The minimum Gasteiger partial charge on any atom is -0.380 e. The number of methoxy groups -OCH3 is 1. The molecule has 0 aromatic heterocycles. The molecule has 19 heavy (non-hydrogen) atoms. The molecule has 1 fully saturated rings. The molecule has 0 spiro atoms. The first-order valence-corrected chi connectivity index (χ1v) is 7.34. The Morgan fingerprint density at radius 2 is 2.11 bits per heavy atom. The minimum absolute atomic E-state index is 0.538. The van der Waals surface area contributed by atoms with Crippen molar-refractivity contribution in [1.82, 2.24) is 5.32 Å². The van der Waals surface area contributed by atoms with Crippen molar-refractivity contribution in [1.29, 1.82) is 0 Å². The highest BCUT2D eigenvalue weighted by molar-refractivity contribution is 7.80. The minimum atomic E-state index is 0.538. The van der Waals surface area contributed by atoms with Crippen molar-refractivity contribution in [3.8, 4) is 0 Å². The number of hydrogen-bond donors (Lipinski definition) is 2. The van der Waals surface area contributed by atoms with Gasteiger partial charge in [0.15, 0.2) is 5.11 Å². The van der Waals surface area contributed by atoms with Gasteiger partial charge >= 0.3 is 0 Å². The zero-order valence-corrected chi connectivity index (χ0v) is 12.3. The summed E-state index contributed by atoms with van der Waals surface area (Å²) >= 11 is 5.37. The van der Waals surface area contributed by atoms with Crippen LogP contribution in [0.25, 0.3) is 0 Å². The lowest BCUT2D eigenvalue weighted by molar-refractivity contribution is 0.185. The van der Waals surface area contributed by atoms with Gasteiger partial charge in [0.05, 0.1) is 6.61 Å². The van der Waals surface area contributed by atoms with Gasteiger partial charge < -0.3 is 15.4 Å². The molecule has 0 saturated heterocycles. The van der Waals surface area contributed by atoms with E-state index in [2.05, 4.69) is 16.7 Å². The van der Waals surface area contributed by atoms with Gasteiger partial charge in [-0.3, -0.25) is 0 Å². The van der Waals surface area contributed by atoms with Crippen molar-refractivity contribution < 1.29 is 4.74 Å². The SMILES string of the molecule is COCc1cccc(NC(=S)NC2CCCCC2)c1. The summed E-state index contributed by atoms with van der Waals surface area (Å²) in [6, 6.07) is 8.69. The molecule has 3 nitrogen and oxygen atoms in total. The second-order valence-electron chi connectivity index (χ2n) is 5.07. The summed E-state index contributed by atoms with van der Waals surface area (Å²) in [6.07, 6.45) is 6.43. The quantitative estimate of drug-likeness (QED) is 0.827. The van der Waals surface area contributed by atoms with E-state index in [1.165, 1.54) is 32.1 Å². The molecule has 104 valence electrons. The van der Waals surface area contributed by atoms with E-state index in [0.717, 1.165) is 16.4 Å². The zero-order chi connectivity index (χ0) is 13.5. The third-order valence-electron chi connectivity index (χ3n) is 3.44. The molecule has 1 saturated carbocycles. The van der Waals surface area contributed by atoms with E-state index in [1.807, 2.05) is 18.2 Å². The molecule has 0 atom stereocenters. The summed E-state index contributed by atoms with van der Waals surface area (Å²) in [5, 5.41) is 7.38. The lowest BCUT2D eigenvalue weighted by Crippen LogP contribution is -2.38. The average molecular weight is 278 g/mol. The maximum atomic E-state index is 5.37. The topological polar surface area (TPSA) is 33.3 Å². The molecule has 2 N–H and O–H groups in total. The Morgan fingerprint density at radius 3 is 2.84 bits per heavy atom. The molecule has 1 aliphatic carbocycles. The fourth-order valence-corrected chi connectivity index (χ4v) is 2.79. The number of rotatable bonds is 4. The van der Waals surface area contributed by atoms with E-state index >= 15 is 0 Å². The second-order valence-corrected chi connectivity index (χ2v) is 5.48. The number of nitrogens with one attached hydrogen (secondary N) is 2. The van der Waals surface area contributed by atoms with Crippen LogP contribution >= 0.6 is 12.2 Å². The fraction of sp³-hybridized carbons (Fsp3) is 0.533. The van der Waals surface area contributed by atoms with E-state index in [0.29, 0.717) is 12.6 Å². The molecular formula is C15H22N2OS. The van der Waals surface area contributed by atoms with Gasteiger partial charge in [-0.15, -0.1) is 0 Å². The fourth-order valence-electron chi connectivity index (χ4n) is 2.51. The molecule has 2 rings (SSSR count). The molecule has 4 heteroatoms. The Bertz CT molecular complexity index is 416. The Kier molecular flexibility index (Phi) is 5.61. The lowest BCUT2D eigenvalue weighted by atomic mass is 9.96. The summed E-state index contributed by atoms with van der Waals surface area (Å²) in [5.41, 5.74) is 2.16. The van der Waals surface area contributed by atoms with Gasteiger partial charge in [0, 0.05) is 18.8 Å². The second kappa shape index (κ2) is 7.46. The number of ether oxygens (including phenoxy) is 1. The van der Waals surface area contributed by atoms with Gasteiger partial charge in [-0.05, 0) is 42.8 Å². The smallest absolute Gasteiger partial charge is 0.170 e. The van der Waals surface area contributed by atoms with Crippen LogP contribution in [0.15, 0.2) is 24.3 Å². The van der Waals surface area contributed by atoms with Gasteiger partial charge in [0.1, 0.15) is 0 Å². The molecule has 0 aliphatic heterocycles. The van der Waals surface area contributed by atoms with Crippen molar-refractivity contribution in [2.45, 2.75) is 44.8 Å². The third-order valence-corrected chi connectivity index (χ3v) is 3.66. The van der Waals surface area contributed by atoms with Crippen LogP contribution in [0.5, 0.6) is 0 Å². The normalized spacial score (nSPS) is 16.1. The molecule has 0 heterocycles. The van der Waals surface area contributed by atoms with Gasteiger partial charge in [0.25, 0.3) is 0 Å². The van der Waals surface area contributed by atoms with Crippen molar-refractivity contribution in [3.63, 3.8) is 0 Å². The highest BCUT2D eigenvalue weighted by Gasteiger charge is 2.13. The molecule has 0 radical (unpaired) electrons. The number of benzene rings is 1. The number of hydrogen-bond acceptors (Lipinski definition) is 2. The molecule has 1 aromatic rings. The summed E-state index contributed by atoms with van der Waals surface area (Å²) < 4.78 is 5.13. The van der Waals surface area contributed by atoms with Gasteiger partial charge in [-0.1, -0.05) is 31.4 Å². The monoisotopic (exact) mass is 278 g/mol. The first kappa shape index (κ1) is 14.3. The highest BCUT2D eigenvalue weighted by Crippen LogP contribution is 2.18. The van der Waals surface area contributed by atoms with E-state index in [4.69, 9.17) is 17.0 Å². The van der Waals surface area contributed by atoms with Crippen LogP contribution < -0.4 is 10.6 Å². The van der Waals surface area contributed by atoms with Gasteiger partial charge in [-0.2, -0.15) is 0 Å². The van der Waals surface area contributed by atoms with Crippen molar-refractivity contribution >= 4 is 23.0 Å². The first-order valence-electron chi connectivity index (χ1n) is 6.93. The largest absolute Gasteiger partial charge is 0.380 e. The van der Waals surface area contributed by atoms with Crippen LogP contribution in [0.2, 0.25) is 0 Å². The summed E-state index contributed by atoms with van der Waals surface area (Å²) in [4.78, 5) is 0. The number of anilines is 1. The summed E-state index contributed by atoms with van der Waals surface area (Å²) in [6.45, 7) is 0.623. The van der Waals surface area contributed by atoms with Crippen molar-refractivity contribution in [2.24, 2.45) is 0 Å². The van der Waals surface area contributed by atoms with E-state index in [9.17, 15) is 0 Å². The molecule has 1 aliphatic rings. The predicted octanol–water partition coefficient (Wildman–Crippen LogP) is 3.45. The van der Waals surface area contributed by atoms with Crippen molar-refractivity contribution in [3.05, 3.63) is 29.8 Å². The molecule has 0 bridgehead atoms.